The van der Waals surface area contributed by atoms with Gasteiger partial charge in [0.15, 0.2) is 29.6 Å². The smallest absolute Gasteiger partial charge is 0.258 e. The minimum Gasteiger partial charge on any atom is -0.493 e. The number of carbonyl (C=O) groups is 2. The minimum atomic E-state index is -0.199. The highest BCUT2D eigenvalue weighted by molar-refractivity contribution is 5.95. The lowest BCUT2D eigenvalue weighted by Gasteiger charge is -2.32. The van der Waals surface area contributed by atoms with E-state index in [9.17, 15) is 9.59 Å². The number of ether oxygens (including phenoxy) is 4. The zero-order valence-corrected chi connectivity index (χ0v) is 18.1. The fourth-order valence-electron chi connectivity index (χ4n) is 3.53. The van der Waals surface area contributed by atoms with Crippen LogP contribution in [0.15, 0.2) is 42.5 Å². The van der Waals surface area contributed by atoms with Crippen molar-refractivity contribution in [3.05, 3.63) is 48.0 Å². The molecule has 166 valence electrons. The van der Waals surface area contributed by atoms with E-state index in [0.29, 0.717) is 54.5 Å². The molecule has 1 aliphatic heterocycles. The predicted molar refractivity (Wildman–Crippen MR) is 115 cm³/mol. The van der Waals surface area contributed by atoms with Gasteiger partial charge in [-0.3, -0.25) is 9.59 Å². The van der Waals surface area contributed by atoms with Crippen molar-refractivity contribution in [2.24, 2.45) is 0 Å². The molecule has 0 radical (unpaired) electrons. The number of para-hydroxylation sites is 2. The normalized spacial score (nSPS) is 14.0. The third-order valence-corrected chi connectivity index (χ3v) is 5.21. The van der Waals surface area contributed by atoms with E-state index in [4.69, 9.17) is 18.9 Å². The van der Waals surface area contributed by atoms with E-state index in [1.165, 1.54) is 7.11 Å². The number of nitrogens with one attached hydrogen (secondary N) is 1. The second kappa shape index (κ2) is 10.6. The summed E-state index contributed by atoms with van der Waals surface area (Å²) in [6.07, 6.45) is 1.36. The number of hydrogen-bond acceptors (Lipinski definition) is 6. The van der Waals surface area contributed by atoms with Crippen LogP contribution in [0.4, 0.5) is 0 Å². The molecule has 31 heavy (non-hydrogen) atoms. The molecule has 0 unspecified atom stereocenters. The van der Waals surface area contributed by atoms with Gasteiger partial charge in [0.1, 0.15) is 0 Å². The molecular formula is C23H28N2O6. The Morgan fingerprint density at radius 2 is 1.52 bits per heavy atom. The van der Waals surface area contributed by atoms with E-state index in [2.05, 4.69) is 5.32 Å². The van der Waals surface area contributed by atoms with Crippen LogP contribution in [-0.4, -0.2) is 63.8 Å². The molecule has 1 N–H and O–H groups in total. The van der Waals surface area contributed by atoms with Crippen LogP contribution in [0.5, 0.6) is 23.0 Å². The number of likely N-dealkylation sites (tertiary alicyclic amines) is 1. The Morgan fingerprint density at radius 1 is 0.903 bits per heavy atom. The van der Waals surface area contributed by atoms with Gasteiger partial charge in [-0.05, 0) is 43.2 Å². The summed E-state index contributed by atoms with van der Waals surface area (Å²) in [5, 5.41) is 2.98. The lowest BCUT2D eigenvalue weighted by Crippen LogP contribution is -2.47. The van der Waals surface area contributed by atoms with Gasteiger partial charge in [-0.1, -0.05) is 12.1 Å². The summed E-state index contributed by atoms with van der Waals surface area (Å²) in [5.74, 6) is 1.94. The number of carbonyl (C=O) groups excluding carboxylic acids is 2. The maximum absolute atomic E-state index is 12.8. The fraction of sp³-hybridized carbons (Fsp3) is 0.391. The van der Waals surface area contributed by atoms with Crippen molar-refractivity contribution in [3.8, 4) is 23.0 Å². The molecule has 2 aromatic carbocycles. The largest absolute Gasteiger partial charge is 0.493 e. The average Bonchev–Trinajstić information content (AvgIpc) is 2.82. The highest BCUT2D eigenvalue weighted by atomic mass is 16.5. The Balaban J connectivity index is 1.48. The Morgan fingerprint density at radius 3 is 2.16 bits per heavy atom. The number of rotatable bonds is 8. The Labute approximate surface area is 182 Å². The molecule has 8 nitrogen and oxygen atoms in total. The van der Waals surface area contributed by atoms with E-state index in [1.54, 1.807) is 49.5 Å². The van der Waals surface area contributed by atoms with Crippen LogP contribution < -0.4 is 24.3 Å². The SMILES string of the molecule is COc1ccc(C(=O)N2CCC(NC(=O)COc3ccccc3OC)CC2)cc1OC. The zero-order chi connectivity index (χ0) is 22.2. The molecule has 1 saturated heterocycles. The highest BCUT2D eigenvalue weighted by Gasteiger charge is 2.25. The van der Waals surface area contributed by atoms with Crippen molar-refractivity contribution in [2.75, 3.05) is 41.0 Å². The first kappa shape index (κ1) is 22.3. The van der Waals surface area contributed by atoms with Gasteiger partial charge in [-0.25, -0.2) is 0 Å². The van der Waals surface area contributed by atoms with Gasteiger partial charge in [0, 0.05) is 24.7 Å². The lowest BCUT2D eigenvalue weighted by molar-refractivity contribution is -0.124. The lowest BCUT2D eigenvalue weighted by atomic mass is 10.0. The van der Waals surface area contributed by atoms with Crippen LogP contribution >= 0.6 is 0 Å². The van der Waals surface area contributed by atoms with Crippen LogP contribution in [0.1, 0.15) is 23.2 Å². The molecule has 8 heteroatoms. The summed E-state index contributed by atoms with van der Waals surface area (Å²) in [6, 6.07) is 12.3. The fourth-order valence-corrected chi connectivity index (χ4v) is 3.53. The number of piperidine rings is 1. The topological polar surface area (TPSA) is 86.3 Å². The Hall–Kier alpha value is -3.42. The van der Waals surface area contributed by atoms with E-state index in [-0.39, 0.29) is 24.5 Å². The van der Waals surface area contributed by atoms with E-state index < -0.39 is 0 Å². The quantitative estimate of drug-likeness (QED) is 0.695. The Bertz CT molecular complexity index is 909. The maximum Gasteiger partial charge on any atom is 0.258 e. The van der Waals surface area contributed by atoms with Crippen LogP contribution in [0.25, 0.3) is 0 Å². The second-order valence-corrected chi connectivity index (χ2v) is 7.14. The van der Waals surface area contributed by atoms with Crippen molar-refractivity contribution < 1.29 is 28.5 Å². The molecule has 1 heterocycles. The van der Waals surface area contributed by atoms with Crippen molar-refractivity contribution in [2.45, 2.75) is 18.9 Å². The average molecular weight is 428 g/mol. The Kier molecular flexibility index (Phi) is 7.59. The summed E-state index contributed by atoms with van der Waals surface area (Å²) < 4.78 is 21.3. The van der Waals surface area contributed by atoms with Crippen molar-refractivity contribution in [3.63, 3.8) is 0 Å². The van der Waals surface area contributed by atoms with Gasteiger partial charge in [0.2, 0.25) is 0 Å². The number of methoxy groups -OCH3 is 3. The molecule has 1 fully saturated rings. The van der Waals surface area contributed by atoms with Crippen molar-refractivity contribution in [1.82, 2.24) is 10.2 Å². The van der Waals surface area contributed by atoms with Crippen LogP contribution in [-0.2, 0) is 4.79 Å². The van der Waals surface area contributed by atoms with Crippen LogP contribution in [0.3, 0.4) is 0 Å². The van der Waals surface area contributed by atoms with Crippen LogP contribution in [0, 0.1) is 0 Å². The molecule has 1 aliphatic rings. The first-order valence-corrected chi connectivity index (χ1v) is 10.1. The number of amides is 2. The third kappa shape index (κ3) is 5.59. The van der Waals surface area contributed by atoms with Crippen molar-refractivity contribution >= 4 is 11.8 Å². The number of hydrogen-bond donors (Lipinski definition) is 1. The first-order valence-electron chi connectivity index (χ1n) is 10.1. The van der Waals surface area contributed by atoms with Gasteiger partial charge < -0.3 is 29.2 Å². The van der Waals surface area contributed by atoms with Gasteiger partial charge in [0.25, 0.3) is 11.8 Å². The third-order valence-electron chi connectivity index (χ3n) is 5.21. The summed E-state index contributed by atoms with van der Waals surface area (Å²) >= 11 is 0. The van der Waals surface area contributed by atoms with Gasteiger partial charge >= 0.3 is 0 Å². The van der Waals surface area contributed by atoms with E-state index in [0.717, 1.165) is 0 Å². The molecule has 2 amide bonds. The first-order chi connectivity index (χ1) is 15.0. The minimum absolute atomic E-state index is 0.00298. The molecule has 3 rings (SSSR count). The number of nitrogens with zero attached hydrogens (tertiary/aromatic N) is 1. The molecule has 0 spiro atoms. The monoisotopic (exact) mass is 428 g/mol. The standard InChI is InChI=1S/C23H28N2O6/c1-28-18-6-4-5-7-20(18)31-15-22(26)24-17-10-12-25(13-11-17)23(27)16-8-9-19(29-2)21(14-16)30-3/h4-9,14,17H,10-13,15H2,1-3H3,(H,24,26). The molecule has 0 atom stereocenters. The second-order valence-electron chi connectivity index (χ2n) is 7.14. The highest BCUT2D eigenvalue weighted by Crippen LogP contribution is 2.28. The molecule has 0 aromatic heterocycles. The molecular weight excluding hydrogens is 400 g/mol. The van der Waals surface area contributed by atoms with E-state index >= 15 is 0 Å². The summed E-state index contributed by atoms with van der Waals surface area (Å²) in [5.41, 5.74) is 0.547. The summed E-state index contributed by atoms with van der Waals surface area (Å²) in [4.78, 5) is 26.9. The summed E-state index contributed by atoms with van der Waals surface area (Å²) in [6.45, 7) is 1.03. The van der Waals surface area contributed by atoms with Crippen LogP contribution in [0.2, 0.25) is 0 Å². The van der Waals surface area contributed by atoms with Gasteiger partial charge in [-0.15, -0.1) is 0 Å². The summed E-state index contributed by atoms with van der Waals surface area (Å²) in [7, 11) is 4.65. The van der Waals surface area contributed by atoms with Gasteiger partial charge in [-0.2, -0.15) is 0 Å². The number of benzene rings is 2. The maximum atomic E-state index is 12.8. The molecule has 0 bridgehead atoms. The molecule has 0 saturated carbocycles. The molecule has 0 aliphatic carbocycles. The van der Waals surface area contributed by atoms with Gasteiger partial charge in [0.05, 0.1) is 21.3 Å². The van der Waals surface area contributed by atoms with Crippen molar-refractivity contribution in [1.29, 1.82) is 0 Å². The predicted octanol–water partition coefficient (Wildman–Crippen LogP) is 2.51. The molecule has 2 aromatic rings. The van der Waals surface area contributed by atoms with E-state index in [1.807, 2.05) is 12.1 Å². The zero-order valence-electron chi connectivity index (χ0n) is 18.1.